The topological polar surface area (TPSA) is 0 Å². The molecular formula is C9H12S. The van der Waals surface area contributed by atoms with E-state index in [2.05, 4.69) is 11.8 Å². The molecule has 1 heterocycles. The molecule has 0 aromatic carbocycles. The van der Waals surface area contributed by atoms with Crippen molar-refractivity contribution in [1.29, 1.82) is 0 Å². The number of rotatable bonds is 0. The van der Waals surface area contributed by atoms with Gasteiger partial charge in [-0.1, -0.05) is 6.42 Å². The van der Waals surface area contributed by atoms with E-state index in [-0.39, 0.29) is 0 Å². The second kappa shape index (κ2) is 1.20. The molecule has 4 rings (SSSR count). The first-order chi connectivity index (χ1) is 4.93. The molecule has 0 N–H and O–H groups in total. The van der Waals surface area contributed by atoms with Gasteiger partial charge in [-0.25, -0.2) is 0 Å². The van der Waals surface area contributed by atoms with E-state index in [1.165, 1.54) is 11.8 Å². The Morgan fingerprint density at radius 3 is 3.20 bits per heavy atom. The molecule has 3 aliphatic carbocycles. The SMILES string of the molecule is C1C[C@H]2S[C@H]3CC4C3C42C1. The Morgan fingerprint density at radius 1 is 1.40 bits per heavy atom. The predicted octanol–water partition coefficient (Wildman–Crippen LogP) is 2.29. The van der Waals surface area contributed by atoms with E-state index < -0.39 is 0 Å². The lowest BCUT2D eigenvalue weighted by atomic mass is 10.00. The summed E-state index contributed by atoms with van der Waals surface area (Å²) in [5.74, 6) is 2.48. The molecule has 0 aromatic heterocycles. The molecule has 0 bridgehead atoms. The summed E-state index contributed by atoms with van der Waals surface area (Å²) in [4.78, 5) is 0. The minimum Gasteiger partial charge on any atom is -0.154 e. The van der Waals surface area contributed by atoms with Crippen molar-refractivity contribution in [2.24, 2.45) is 17.3 Å². The van der Waals surface area contributed by atoms with Crippen LogP contribution in [0.25, 0.3) is 0 Å². The van der Waals surface area contributed by atoms with E-state index in [9.17, 15) is 0 Å². The molecule has 0 amide bonds. The molecule has 5 atom stereocenters. The molecule has 1 spiro atoms. The Labute approximate surface area is 65.8 Å². The molecule has 0 nitrogen and oxygen atoms in total. The molecule has 1 heteroatoms. The highest BCUT2D eigenvalue weighted by atomic mass is 32.2. The maximum atomic E-state index is 2.35. The van der Waals surface area contributed by atoms with Crippen LogP contribution in [0.2, 0.25) is 0 Å². The number of hydrogen-bond donors (Lipinski definition) is 0. The third kappa shape index (κ3) is 0.291. The number of thioether (sulfide) groups is 1. The van der Waals surface area contributed by atoms with Crippen molar-refractivity contribution in [2.45, 2.75) is 36.2 Å². The van der Waals surface area contributed by atoms with Crippen LogP contribution in [-0.4, -0.2) is 10.5 Å². The zero-order chi connectivity index (χ0) is 6.34. The highest BCUT2D eigenvalue weighted by Gasteiger charge is 2.81. The van der Waals surface area contributed by atoms with Crippen LogP contribution in [0.15, 0.2) is 0 Å². The summed E-state index contributed by atoms with van der Waals surface area (Å²) in [6, 6.07) is 0. The Kier molecular flexibility index (Phi) is 0.607. The summed E-state index contributed by atoms with van der Waals surface area (Å²) in [6.45, 7) is 0. The van der Waals surface area contributed by atoms with Gasteiger partial charge in [-0.3, -0.25) is 0 Å². The van der Waals surface area contributed by atoms with Crippen LogP contribution >= 0.6 is 11.8 Å². The Morgan fingerprint density at radius 2 is 2.40 bits per heavy atom. The normalized spacial score (nSPS) is 74.4. The molecule has 1 aliphatic heterocycles. The molecule has 54 valence electrons. The van der Waals surface area contributed by atoms with Crippen molar-refractivity contribution in [3.8, 4) is 0 Å². The second-order valence-electron chi connectivity index (χ2n) is 4.54. The highest BCUT2D eigenvalue weighted by molar-refractivity contribution is 8.01. The van der Waals surface area contributed by atoms with Gasteiger partial charge in [0.2, 0.25) is 0 Å². The molecule has 1 saturated heterocycles. The van der Waals surface area contributed by atoms with Gasteiger partial charge in [0.1, 0.15) is 0 Å². The zero-order valence-corrected chi connectivity index (χ0v) is 6.86. The molecule has 0 radical (unpaired) electrons. The summed E-state index contributed by atoms with van der Waals surface area (Å²) >= 11 is 2.35. The average molecular weight is 152 g/mol. The monoisotopic (exact) mass is 152 g/mol. The maximum Gasteiger partial charge on any atom is 0.0112 e. The first kappa shape index (κ1) is 5.08. The third-order valence-corrected chi connectivity index (χ3v) is 6.38. The largest absolute Gasteiger partial charge is 0.154 e. The van der Waals surface area contributed by atoms with Gasteiger partial charge in [-0.2, -0.15) is 11.8 Å². The van der Waals surface area contributed by atoms with E-state index in [0.29, 0.717) is 0 Å². The van der Waals surface area contributed by atoms with E-state index in [1.54, 1.807) is 25.7 Å². The van der Waals surface area contributed by atoms with Crippen LogP contribution in [0, 0.1) is 17.3 Å². The van der Waals surface area contributed by atoms with Crippen molar-refractivity contribution < 1.29 is 0 Å². The maximum absolute atomic E-state index is 2.35. The van der Waals surface area contributed by atoms with Gasteiger partial charge in [0.25, 0.3) is 0 Å². The lowest BCUT2D eigenvalue weighted by Crippen LogP contribution is -2.22. The second-order valence-corrected chi connectivity index (χ2v) is 5.98. The van der Waals surface area contributed by atoms with Crippen molar-refractivity contribution in [3.05, 3.63) is 0 Å². The molecule has 3 unspecified atom stereocenters. The molecule has 4 fully saturated rings. The molecule has 4 aliphatic rings. The molecule has 10 heavy (non-hydrogen) atoms. The summed E-state index contributed by atoms with van der Waals surface area (Å²) < 4.78 is 0. The van der Waals surface area contributed by atoms with E-state index in [4.69, 9.17) is 0 Å². The van der Waals surface area contributed by atoms with Crippen LogP contribution in [-0.2, 0) is 0 Å². The van der Waals surface area contributed by atoms with Gasteiger partial charge in [0.05, 0.1) is 0 Å². The summed E-state index contributed by atoms with van der Waals surface area (Å²) in [5, 5.41) is 2.29. The quantitative estimate of drug-likeness (QED) is 0.513. The average Bonchev–Trinajstić information content (AvgIpc) is 2.25. The Balaban J connectivity index is 1.89. The fraction of sp³-hybridized carbons (Fsp3) is 1.00. The summed E-state index contributed by atoms with van der Waals surface area (Å²) in [7, 11) is 0. The van der Waals surface area contributed by atoms with Crippen LogP contribution in [0.1, 0.15) is 25.7 Å². The van der Waals surface area contributed by atoms with Gasteiger partial charge in [-0.15, -0.1) is 0 Å². The van der Waals surface area contributed by atoms with Gasteiger partial charge < -0.3 is 0 Å². The highest BCUT2D eigenvalue weighted by Crippen LogP contribution is 2.86. The first-order valence-electron chi connectivity index (χ1n) is 4.58. The number of hydrogen-bond acceptors (Lipinski definition) is 1. The fourth-order valence-electron chi connectivity index (χ4n) is 4.12. The molecule has 0 aromatic rings. The molecule has 3 saturated carbocycles. The lowest BCUT2D eigenvalue weighted by Gasteiger charge is -2.27. The minimum absolute atomic E-state index is 0.968. The Hall–Kier alpha value is 0.350. The Bertz CT molecular complexity index is 213. The zero-order valence-electron chi connectivity index (χ0n) is 6.05. The van der Waals surface area contributed by atoms with Gasteiger partial charge in [0, 0.05) is 10.5 Å². The smallest absolute Gasteiger partial charge is 0.0112 e. The minimum atomic E-state index is 0.968. The molecular weight excluding hydrogens is 140 g/mol. The van der Waals surface area contributed by atoms with Crippen LogP contribution in [0.5, 0.6) is 0 Å². The van der Waals surface area contributed by atoms with Crippen LogP contribution in [0.3, 0.4) is 0 Å². The van der Waals surface area contributed by atoms with E-state index >= 15 is 0 Å². The van der Waals surface area contributed by atoms with Crippen molar-refractivity contribution in [1.82, 2.24) is 0 Å². The standard InChI is InChI=1S/C9H12S/c1-2-7-9(3-1)5-4-6(10-7)8(5)9/h5-8H,1-4H2/t5?,6-,7+,8?,9?/m0/s1. The van der Waals surface area contributed by atoms with Crippen molar-refractivity contribution in [2.75, 3.05) is 0 Å². The van der Waals surface area contributed by atoms with Crippen LogP contribution in [0.4, 0.5) is 0 Å². The van der Waals surface area contributed by atoms with Gasteiger partial charge >= 0.3 is 0 Å². The first-order valence-corrected chi connectivity index (χ1v) is 5.53. The van der Waals surface area contributed by atoms with Crippen molar-refractivity contribution >= 4 is 11.8 Å². The summed E-state index contributed by atoms with van der Waals surface area (Å²) in [5.41, 5.74) is 0.968. The third-order valence-electron chi connectivity index (χ3n) is 4.54. The lowest BCUT2D eigenvalue weighted by molar-refractivity contribution is 0.466. The fourth-order valence-corrected chi connectivity index (χ4v) is 6.48. The van der Waals surface area contributed by atoms with E-state index in [0.717, 1.165) is 15.9 Å². The van der Waals surface area contributed by atoms with Gasteiger partial charge in [0.15, 0.2) is 0 Å². The van der Waals surface area contributed by atoms with Crippen molar-refractivity contribution in [3.63, 3.8) is 0 Å². The summed E-state index contributed by atoms with van der Waals surface area (Å²) in [6.07, 6.45) is 6.33. The predicted molar refractivity (Wildman–Crippen MR) is 43.0 cm³/mol. The van der Waals surface area contributed by atoms with Crippen LogP contribution < -0.4 is 0 Å². The van der Waals surface area contributed by atoms with E-state index in [1.807, 2.05) is 0 Å². The van der Waals surface area contributed by atoms with Gasteiger partial charge in [-0.05, 0) is 36.5 Å².